The molecule has 0 aliphatic carbocycles. The van der Waals surface area contributed by atoms with E-state index in [2.05, 4.69) is 22.3 Å². The van der Waals surface area contributed by atoms with Crippen molar-refractivity contribution in [1.29, 1.82) is 0 Å². The van der Waals surface area contributed by atoms with E-state index in [9.17, 15) is 9.59 Å². The van der Waals surface area contributed by atoms with Crippen molar-refractivity contribution in [1.82, 2.24) is 25.0 Å². The van der Waals surface area contributed by atoms with Gasteiger partial charge in [0.2, 0.25) is 0 Å². The minimum Gasteiger partial charge on any atom is -0.351 e. The summed E-state index contributed by atoms with van der Waals surface area (Å²) >= 11 is 6.45. The average Bonchev–Trinajstić information content (AvgIpc) is 3.39. The van der Waals surface area contributed by atoms with E-state index < -0.39 is 0 Å². The second-order valence-electron chi connectivity index (χ2n) is 7.73. The fourth-order valence-electron chi connectivity index (χ4n) is 3.99. The predicted molar refractivity (Wildman–Crippen MR) is 112 cm³/mol. The molecule has 152 valence electrons. The molecular formula is C21H24ClN5O2. The molecule has 1 aromatic carbocycles. The molecule has 1 saturated heterocycles. The summed E-state index contributed by atoms with van der Waals surface area (Å²) in [5.41, 5.74) is 1.73. The molecule has 3 aromatic rings. The van der Waals surface area contributed by atoms with Crippen LogP contribution in [0.4, 0.5) is 0 Å². The summed E-state index contributed by atoms with van der Waals surface area (Å²) in [6, 6.07) is 9.33. The Bertz CT molecular complexity index is 1060. The number of benzene rings is 1. The lowest BCUT2D eigenvalue weighted by atomic mass is 9.95. The first-order valence-electron chi connectivity index (χ1n) is 9.77. The molecule has 8 heteroatoms. The summed E-state index contributed by atoms with van der Waals surface area (Å²) in [5.74, 6) is 0.437. The molecule has 0 unspecified atom stereocenters. The zero-order chi connectivity index (χ0) is 20.5. The zero-order valence-corrected chi connectivity index (χ0v) is 17.2. The van der Waals surface area contributed by atoms with Crippen LogP contribution in [0.25, 0.3) is 10.9 Å². The minimum absolute atomic E-state index is 0.0712. The highest BCUT2D eigenvalue weighted by Gasteiger charge is 2.34. The molecule has 1 aliphatic rings. The lowest BCUT2D eigenvalue weighted by Crippen LogP contribution is -2.30. The zero-order valence-electron chi connectivity index (χ0n) is 16.5. The van der Waals surface area contributed by atoms with Crippen LogP contribution in [0.2, 0.25) is 5.02 Å². The lowest BCUT2D eigenvalue weighted by molar-refractivity contribution is 0.0778. The monoisotopic (exact) mass is 413 g/mol. The highest BCUT2D eigenvalue weighted by molar-refractivity contribution is 6.38. The van der Waals surface area contributed by atoms with E-state index in [-0.39, 0.29) is 11.8 Å². The molecule has 4 rings (SSSR count). The average molecular weight is 414 g/mol. The van der Waals surface area contributed by atoms with Gasteiger partial charge in [0.1, 0.15) is 11.4 Å². The van der Waals surface area contributed by atoms with Gasteiger partial charge in [-0.05, 0) is 30.4 Å². The Labute approximate surface area is 174 Å². The molecule has 29 heavy (non-hydrogen) atoms. The lowest BCUT2D eigenvalue weighted by Gasteiger charge is -2.16. The molecule has 1 aliphatic heterocycles. The third-order valence-corrected chi connectivity index (χ3v) is 6.05. The topological polar surface area (TPSA) is 83.0 Å². The molecule has 2 N–H and O–H groups in total. The van der Waals surface area contributed by atoms with E-state index >= 15 is 0 Å². The number of rotatable bonds is 5. The normalized spacial score (nSPS) is 19.1. The van der Waals surface area contributed by atoms with Crippen molar-refractivity contribution in [2.24, 2.45) is 18.9 Å². The van der Waals surface area contributed by atoms with E-state index in [4.69, 9.17) is 11.6 Å². The Morgan fingerprint density at radius 3 is 2.79 bits per heavy atom. The standard InChI is InChI=1S/C21H24ClN5O2/c1-13-11-27(21(29)19-18(22)15-5-3-4-6-16(15)24-19)12-14(13)7-9-23-20(28)17-8-10-26(2)25-17/h3-6,8,10,13-14,24H,7,9,11-12H2,1-2H3,(H,23,28)/t13-,14-/m1/s1. The number of hydrogen-bond donors (Lipinski definition) is 2. The van der Waals surface area contributed by atoms with Gasteiger partial charge in [0.25, 0.3) is 11.8 Å². The Hall–Kier alpha value is -2.80. The van der Waals surface area contributed by atoms with Crippen LogP contribution in [0.3, 0.4) is 0 Å². The van der Waals surface area contributed by atoms with Gasteiger partial charge in [-0.3, -0.25) is 14.3 Å². The highest BCUT2D eigenvalue weighted by Crippen LogP contribution is 2.31. The maximum atomic E-state index is 13.0. The molecule has 0 spiro atoms. The van der Waals surface area contributed by atoms with Gasteiger partial charge in [-0.15, -0.1) is 0 Å². The van der Waals surface area contributed by atoms with Crippen LogP contribution in [0.1, 0.15) is 34.3 Å². The minimum atomic E-state index is -0.172. The summed E-state index contributed by atoms with van der Waals surface area (Å²) in [4.78, 5) is 30.2. The quantitative estimate of drug-likeness (QED) is 0.674. The van der Waals surface area contributed by atoms with Crippen molar-refractivity contribution in [2.45, 2.75) is 13.3 Å². The number of likely N-dealkylation sites (tertiary alicyclic amines) is 1. The smallest absolute Gasteiger partial charge is 0.271 e. The molecule has 0 saturated carbocycles. The van der Waals surface area contributed by atoms with Crippen molar-refractivity contribution in [2.75, 3.05) is 19.6 Å². The maximum absolute atomic E-state index is 13.0. The largest absolute Gasteiger partial charge is 0.351 e. The van der Waals surface area contributed by atoms with Crippen molar-refractivity contribution in [3.63, 3.8) is 0 Å². The summed E-state index contributed by atoms with van der Waals surface area (Å²) < 4.78 is 1.60. The number of carbonyl (C=O) groups excluding carboxylic acids is 2. The summed E-state index contributed by atoms with van der Waals surface area (Å²) in [7, 11) is 1.78. The van der Waals surface area contributed by atoms with Crippen LogP contribution in [0, 0.1) is 11.8 Å². The SMILES string of the molecule is C[C@@H]1CN(C(=O)c2[nH]c3ccccc3c2Cl)C[C@H]1CCNC(=O)c1ccn(C)n1. The first-order valence-corrected chi connectivity index (χ1v) is 10.1. The van der Waals surface area contributed by atoms with Crippen LogP contribution >= 0.6 is 11.6 Å². The van der Waals surface area contributed by atoms with E-state index in [0.717, 1.165) is 17.3 Å². The van der Waals surface area contributed by atoms with Gasteiger partial charge in [-0.25, -0.2) is 0 Å². The van der Waals surface area contributed by atoms with Crippen LogP contribution in [0.15, 0.2) is 36.5 Å². The van der Waals surface area contributed by atoms with E-state index in [1.165, 1.54) is 0 Å². The Kier molecular flexibility index (Phi) is 5.32. The number of halogens is 1. The third-order valence-electron chi connectivity index (χ3n) is 5.66. The number of H-pyrrole nitrogens is 1. The number of fused-ring (bicyclic) bond motifs is 1. The molecule has 2 atom stereocenters. The number of para-hydroxylation sites is 1. The Morgan fingerprint density at radius 2 is 2.07 bits per heavy atom. The van der Waals surface area contributed by atoms with Crippen LogP contribution in [-0.4, -0.2) is 51.1 Å². The fraction of sp³-hybridized carbons (Fsp3) is 0.381. The van der Waals surface area contributed by atoms with Gasteiger partial charge in [0.05, 0.1) is 5.02 Å². The molecule has 2 amide bonds. The van der Waals surface area contributed by atoms with Crippen molar-refractivity contribution >= 4 is 34.3 Å². The van der Waals surface area contributed by atoms with Crippen LogP contribution in [-0.2, 0) is 7.05 Å². The Balaban J connectivity index is 1.36. The number of nitrogens with zero attached hydrogens (tertiary/aromatic N) is 3. The molecular weight excluding hydrogens is 390 g/mol. The number of aryl methyl sites for hydroxylation is 1. The first-order chi connectivity index (χ1) is 13.9. The molecule has 0 bridgehead atoms. The van der Waals surface area contributed by atoms with E-state index in [1.54, 1.807) is 24.0 Å². The van der Waals surface area contributed by atoms with Gasteiger partial charge in [0.15, 0.2) is 0 Å². The second kappa shape index (κ2) is 7.91. The predicted octanol–water partition coefficient (Wildman–Crippen LogP) is 3.08. The van der Waals surface area contributed by atoms with Crippen molar-refractivity contribution < 1.29 is 9.59 Å². The number of carbonyl (C=O) groups is 2. The summed E-state index contributed by atoms with van der Waals surface area (Å²) in [5, 5.41) is 8.36. The first kappa shape index (κ1) is 19.5. The van der Waals surface area contributed by atoms with Gasteiger partial charge < -0.3 is 15.2 Å². The number of aromatic nitrogens is 3. The van der Waals surface area contributed by atoms with Gasteiger partial charge in [0, 0.05) is 43.8 Å². The van der Waals surface area contributed by atoms with Crippen molar-refractivity contribution in [3.05, 3.63) is 52.9 Å². The molecule has 2 aromatic heterocycles. The van der Waals surface area contributed by atoms with E-state index in [1.807, 2.05) is 29.2 Å². The third kappa shape index (κ3) is 3.87. The molecule has 7 nitrogen and oxygen atoms in total. The number of amides is 2. The van der Waals surface area contributed by atoms with Gasteiger partial charge in [-0.2, -0.15) is 5.10 Å². The van der Waals surface area contributed by atoms with Crippen molar-refractivity contribution in [3.8, 4) is 0 Å². The highest BCUT2D eigenvalue weighted by atomic mass is 35.5. The molecule has 3 heterocycles. The number of aromatic amines is 1. The van der Waals surface area contributed by atoms with Gasteiger partial charge >= 0.3 is 0 Å². The Morgan fingerprint density at radius 1 is 1.28 bits per heavy atom. The number of hydrogen-bond acceptors (Lipinski definition) is 3. The molecule has 0 radical (unpaired) electrons. The van der Waals surface area contributed by atoms with E-state index in [0.29, 0.717) is 47.9 Å². The fourth-order valence-corrected chi connectivity index (χ4v) is 4.28. The van der Waals surface area contributed by atoms with Crippen LogP contribution in [0.5, 0.6) is 0 Å². The number of nitrogens with one attached hydrogen (secondary N) is 2. The summed E-state index contributed by atoms with van der Waals surface area (Å²) in [6.45, 7) is 4.04. The van der Waals surface area contributed by atoms with Crippen LogP contribution < -0.4 is 5.32 Å². The second-order valence-corrected chi connectivity index (χ2v) is 8.10. The maximum Gasteiger partial charge on any atom is 0.271 e. The summed E-state index contributed by atoms with van der Waals surface area (Å²) in [6.07, 6.45) is 2.55. The molecule has 1 fully saturated rings. The van der Waals surface area contributed by atoms with Gasteiger partial charge in [-0.1, -0.05) is 36.7 Å².